The number of hydrogen-bond donors (Lipinski definition) is 1. The van der Waals surface area contributed by atoms with Crippen LogP contribution in [0.3, 0.4) is 0 Å². The second kappa shape index (κ2) is 6.94. The first-order valence-corrected chi connectivity index (χ1v) is 7.62. The van der Waals surface area contributed by atoms with Crippen molar-refractivity contribution in [1.82, 2.24) is 4.90 Å². The number of carbonyl (C=O) groups is 1. The second-order valence-electron chi connectivity index (χ2n) is 6.02. The Kier molecular flexibility index (Phi) is 5.23. The molecule has 1 saturated heterocycles. The number of benzene rings is 1. The fraction of sp³-hybridized carbons (Fsp3) is 0.588. The van der Waals surface area contributed by atoms with Gasteiger partial charge in [0.15, 0.2) is 0 Å². The van der Waals surface area contributed by atoms with E-state index in [1.54, 1.807) is 4.90 Å². The lowest BCUT2D eigenvalue weighted by Gasteiger charge is -2.25. The molecule has 0 saturated carbocycles. The second-order valence-corrected chi connectivity index (χ2v) is 6.02. The number of aryl methyl sites for hydroxylation is 2. The van der Waals surface area contributed by atoms with Crippen molar-refractivity contribution in [1.29, 1.82) is 0 Å². The van der Waals surface area contributed by atoms with Crippen LogP contribution in [-0.4, -0.2) is 41.7 Å². The van der Waals surface area contributed by atoms with Gasteiger partial charge in [0.05, 0.1) is 25.7 Å². The standard InChI is InChI=1S/C17H25NO3/c1-12-8-13(2)10-15(9-12)21-7-5-17(20)18-6-4-14(3)16(18)11-19/h8-10,14,16,19H,4-7,11H2,1-3H3. The van der Waals surface area contributed by atoms with Crippen molar-refractivity contribution in [3.05, 3.63) is 29.3 Å². The number of likely N-dealkylation sites (tertiary alicyclic amines) is 1. The lowest BCUT2D eigenvalue weighted by Crippen LogP contribution is -2.40. The summed E-state index contributed by atoms with van der Waals surface area (Å²) in [6.07, 6.45) is 1.32. The number of ether oxygens (including phenoxy) is 1. The van der Waals surface area contributed by atoms with Crippen LogP contribution in [0.2, 0.25) is 0 Å². The summed E-state index contributed by atoms with van der Waals surface area (Å²) < 4.78 is 5.68. The first-order valence-electron chi connectivity index (χ1n) is 7.62. The van der Waals surface area contributed by atoms with Crippen molar-refractivity contribution in [2.45, 2.75) is 39.7 Å². The van der Waals surface area contributed by atoms with Crippen LogP contribution in [0.4, 0.5) is 0 Å². The summed E-state index contributed by atoms with van der Waals surface area (Å²) in [4.78, 5) is 14.0. The molecule has 116 valence electrons. The monoisotopic (exact) mass is 291 g/mol. The predicted octanol–water partition coefficient (Wildman–Crippen LogP) is 2.30. The fourth-order valence-corrected chi connectivity index (χ4v) is 3.01. The number of carbonyl (C=O) groups excluding carboxylic acids is 1. The maximum Gasteiger partial charge on any atom is 0.226 e. The third-order valence-corrected chi connectivity index (χ3v) is 4.17. The van der Waals surface area contributed by atoms with Gasteiger partial charge >= 0.3 is 0 Å². The van der Waals surface area contributed by atoms with E-state index in [4.69, 9.17) is 4.74 Å². The summed E-state index contributed by atoms with van der Waals surface area (Å²) in [6, 6.07) is 6.02. The Hall–Kier alpha value is -1.55. The summed E-state index contributed by atoms with van der Waals surface area (Å²) in [7, 11) is 0. The van der Waals surface area contributed by atoms with Crippen LogP contribution in [0.1, 0.15) is 30.9 Å². The summed E-state index contributed by atoms with van der Waals surface area (Å²) in [5.74, 6) is 1.26. The minimum atomic E-state index is -0.0290. The first-order chi connectivity index (χ1) is 10.0. The molecular weight excluding hydrogens is 266 g/mol. The molecule has 2 atom stereocenters. The lowest BCUT2D eigenvalue weighted by molar-refractivity contribution is -0.133. The SMILES string of the molecule is Cc1cc(C)cc(OCCC(=O)N2CCC(C)C2CO)c1. The van der Waals surface area contributed by atoms with Crippen molar-refractivity contribution in [3.63, 3.8) is 0 Å². The van der Waals surface area contributed by atoms with Gasteiger partial charge in [0, 0.05) is 6.54 Å². The Morgan fingerprint density at radius 1 is 1.33 bits per heavy atom. The molecule has 1 aromatic carbocycles. The normalized spacial score (nSPS) is 21.6. The number of rotatable bonds is 5. The molecule has 0 radical (unpaired) electrons. The average molecular weight is 291 g/mol. The van der Waals surface area contributed by atoms with Gasteiger partial charge in [-0.1, -0.05) is 13.0 Å². The highest BCUT2D eigenvalue weighted by Crippen LogP contribution is 2.24. The topological polar surface area (TPSA) is 49.8 Å². The summed E-state index contributed by atoms with van der Waals surface area (Å²) in [6.45, 7) is 7.31. The summed E-state index contributed by atoms with van der Waals surface area (Å²) >= 11 is 0. The van der Waals surface area contributed by atoms with E-state index in [0.717, 1.165) is 29.8 Å². The van der Waals surface area contributed by atoms with Gasteiger partial charge in [-0.2, -0.15) is 0 Å². The van der Waals surface area contributed by atoms with Gasteiger partial charge in [-0.3, -0.25) is 4.79 Å². The zero-order chi connectivity index (χ0) is 15.4. The van der Waals surface area contributed by atoms with Crippen molar-refractivity contribution in [2.75, 3.05) is 19.8 Å². The Labute approximate surface area is 126 Å². The molecule has 0 spiro atoms. The highest BCUT2D eigenvalue weighted by molar-refractivity contribution is 5.77. The van der Waals surface area contributed by atoms with Crippen LogP contribution in [-0.2, 0) is 4.79 Å². The van der Waals surface area contributed by atoms with E-state index in [-0.39, 0.29) is 18.6 Å². The molecule has 2 rings (SSSR count). The lowest BCUT2D eigenvalue weighted by atomic mass is 10.0. The quantitative estimate of drug-likeness (QED) is 0.905. The molecule has 4 nitrogen and oxygen atoms in total. The minimum absolute atomic E-state index is 0.0290. The maximum atomic E-state index is 12.2. The average Bonchev–Trinajstić information content (AvgIpc) is 2.78. The molecular formula is C17H25NO3. The van der Waals surface area contributed by atoms with Crippen LogP contribution in [0.5, 0.6) is 5.75 Å². The van der Waals surface area contributed by atoms with Crippen LogP contribution < -0.4 is 4.74 Å². The molecule has 0 bridgehead atoms. The Morgan fingerprint density at radius 2 is 2.00 bits per heavy atom. The van der Waals surface area contributed by atoms with Gasteiger partial charge in [0.2, 0.25) is 5.91 Å². The van der Waals surface area contributed by atoms with E-state index in [1.807, 2.05) is 26.0 Å². The molecule has 1 aromatic rings. The van der Waals surface area contributed by atoms with Gasteiger partial charge < -0.3 is 14.7 Å². The third kappa shape index (κ3) is 3.97. The summed E-state index contributed by atoms with van der Waals surface area (Å²) in [5, 5.41) is 9.40. The van der Waals surface area contributed by atoms with E-state index in [9.17, 15) is 9.90 Å². The van der Waals surface area contributed by atoms with Crippen LogP contribution >= 0.6 is 0 Å². The molecule has 1 heterocycles. The largest absolute Gasteiger partial charge is 0.493 e. The van der Waals surface area contributed by atoms with Crippen molar-refractivity contribution >= 4 is 5.91 Å². The van der Waals surface area contributed by atoms with E-state index >= 15 is 0 Å². The number of amides is 1. The van der Waals surface area contributed by atoms with Crippen LogP contribution in [0, 0.1) is 19.8 Å². The van der Waals surface area contributed by atoms with Crippen molar-refractivity contribution in [2.24, 2.45) is 5.92 Å². The Morgan fingerprint density at radius 3 is 2.62 bits per heavy atom. The molecule has 1 fully saturated rings. The van der Waals surface area contributed by atoms with Gasteiger partial charge in [0.25, 0.3) is 0 Å². The first kappa shape index (κ1) is 15.8. The molecule has 1 N–H and O–H groups in total. The highest BCUT2D eigenvalue weighted by atomic mass is 16.5. The molecule has 2 unspecified atom stereocenters. The van der Waals surface area contributed by atoms with Crippen molar-refractivity contribution in [3.8, 4) is 5.75 Å². The molecule has 4 heteroatoms. The molecule has 21 heavy (non-hydrogen) atoms. The fourth-order valence-electron chi connectivity index (χ4n) is 3.01. The van der Waals surface area contributed by atoms with Crippen molar-refractivity contribution < 1.29 is 14.6 Å². The van der Waals surface area contributed by atoms with Crippen LogP contribution in [0.25, 0.3) is 0 Å². The molecule has 0 aromatic heterocycles. The van der Waals surface area contributed by atoms with E-state index in [2.05, 4.69) is 13.0 Å². The van der Waals surface area contributed by atoms with Gasteiger partial charge in [-0.15, -0.1) is 0 Å². The highest BCUT2D eigenvalue weighted by Gasteiger charge is 2.33. The Balaban J connectivity index is 1.84. The van der Waals surface area contributed by atoms with E-state index < -0.39 is 0 Å². The van der Waals surface area contributed by atoms with Crippen LogP contribution in [0.15, 0.2) is 18.2 Å². The number of aliphatic hydroxyl groups excluding tert-OH is 1. The van der Waals surface area contributed by atoms with E-state index in [0.29, 0.717) is 18.9 Å². The minimum Gasteiger partial charge on any atom is -0.493 e. The van der Waals surface area contributed by atoms with Gasteiger partial charge in [0.1, 0.15) is 5.75 Å². The predicted molar refractivity (Wildman–Crippen MR) is 82.4 cm³/mol. The zero-order valence-electron chi connectivity index (χ0n) is 13.1. The van der Waals surface area contributed by atoms with Gasteiger partial charge in [-0.25, -0.2) is 0 Å². The molecule has 0 aliphatic carbocycles. The number of aliphatic hydroxyl groups is 1. The Bertz CT molecular complexity index is 481. The van der Waals surface area contributed by atoms with E-state index in [1.165, 1.54) is 0 Å². The zero-order valence-corrected chi connectivity index (χ0v) is 13.1. The molecule has 1 amide bonds. The molecule has 1 aliphatic rings. The smallest absolute Gasteiger partial charge is 0.226 e. The third-order valence-electron chi connectivity index (χ3n) is 4.17. The summed E-state index contributed by atoms with van der Waals surface area (Å²) in [5.41, 5.74) is 2.31. The molecule has 1 aliphatic heterocycles. The number of nitrogens with zero attached hydrogens (tertiary/aromatic N) is 1. The number of hydrogen-bond acceptors (Lipinski definition) is 3. The maximum absolute atomic E-state index is 12.2. The van der Waals surface area contributed by atoms with Gasteiger partial charge in [-0.05, 0) is 49.4 Å².